The van der Waals surface area contributed by atoms with Crippen LogP contribution in [0.3, 0.4) is 0 Å². The van der Waals surface area contributed by atoms with Crippen molar-refractivity contribution in [3.05, 3.63) is 327 Å². The summed E-state index contributed by atoms with van der Waals surface area (Å²) in [6.07, 6.45) is 7.92. The number of nitrogens with zero attached hydrogens (tertiary/aromatic N) is 4. The lowest BCUT2D eigenvalue weighted by molar-refractivity contribution is 0.787. The Morgan fingerprint density at radius 2 is 0.447 bits per heavy atom. The molecule has 76 heavy (non-hydrogen) atoms. The number of hydrogen-bond acceptors (Lipinski definition) is 4. The molecule has 0 fully saturated rings. The van der Waals surface area contributed by atoms with E-state index in [1.54, 1.807) is 0 Å². The van der Waals surface area contributed by atoms with Crippen molar-refractivity contribution in [1.82, 2.24) is 0 Å². The van der Waals surface area contributed by atoms with Gasteiger partial charge in [0.2, 0.25) is 0 Å². The van der Waals surface area contributed by atoms with Crippen molar-refractivity contribution in [3.8, 4) is 22.3 Å². The van der Waals surface area contributed by atoms with Crippen molar-refractivity contribution in [3.63, 3.8) is 0 Å². The highest BCUT2D eigenvalue weighted by Crippen LogP contribution is 2.41. The molecule has 0 heterocycles. The lowest BCUT2D eigenvalue weighted by atomic mass is 9.95. The molecule has 0 radical (unpaired) electrons. The first-order valence-electron chi connectivity index (χ1n) is 26.1. The second-order valence-electron chi connectivity index (χ2n) is 18.9. The number of hydrogen-bond donors (Lipinski definition) is 0. The van der Waals surface area contributed by atoms with Crippen molar-refractivity contribution in [1.29, 1.82) is 0 Å². The summed E-state index contributed by atoms with van der Waals surface area (Å²) in [5.41, 5.74) is 19.4. The number of benzene rings is 11. The molecule has 11 aromatic carbocycles. The lowest BCUT2D eigenvalue weighted by Crippen LogP contribution is -2.30. The summed E-state index contributed by atoms with van der Waals surface area (Å²) in [5.74, 6) is 0. The molecule has 0 amide bonds. The van der Waals surface area contributed by atoms with Crippen molar-refractivity contribution >= 4 is 68.1 Å². The quantitative estimate of drug-likeness (QED) is 0.101. The van der Waals surface area contributed by atoms with E-state index in [-0.39, 0.29) is 6.04 Å². The summed E-state index contributed by atoms with van der Waals surface area (Å²) in [6.45, 7) is 0. The van der Waals surface area contributed by atoms with E-state index in [9.17, 15) is 0 Å². The molecule has 0 saturated heterocycles. The van der Waals surface area contributed by atoms with Crippen molar-refractivity contribution in [2.75, 3.05) is 19.6 Å². The van der Waals surface area contributed by atoms with Crippen LogP contribution in [0.1, 0.15) is 12.0 Å². The number of para-hydroxylation sites is 6. The van der Waals surface area contributed by atoms with E-state index in [0.717, 1.165) is 79.9 Å². The van der Waals surface area contributed by atoms with Gasteiger partial charge in [0, 0.05) is 62.6 Å². The molecule has 12 rings (SSSR count). The van der Waals surface area contributed by atoms with Gasteiger partial charge in [-0.1, -0.05) is 188 Å². The third-order valence-corrected chi connectivity index (χ3v) is 14.2. The van der Waals surface area contributed by atoms with Crippen LogP contribution in [-0.4, -0.2) is 6.04 Å². The molecule has 1 aliphatic carbocycles. The molecule has 1 aliphatic rings. The maximum Gasteiger partial charge on any atom is 0.0560 e. The van der Waals surface area contributed by atoms with Crippen molar-refractivity contribution in [2.45, 2.75) is 12.5 Å². The van der Waals surface area contributed by atoms with Crippen LogP contribution in [0.4, 0.5) is 62.6 Å². The van der Waals surface area contributed by atoms with Gasteiger partial charge in [0.1, 0.15) is 0 Å². The van der Waals surface area contributed by atoms with Gasteiger partial charge in [0.25, 0.3) is 0 Å². The highest BCUT2D eigenvalue weighted by Gasteiger charge is 2.22. The van der Waals surface area contributed by atoms with Crippen molar-refractivity contribution < 1.29 is 0 Å². The first-order valence-corrected chi connectivity index (χ1v) is 26.1. The fraction of sp³-hybridized carbons (Fsp3) is 0.0278. The summed E-state index contributed by atoms with van der Waals surface area (Å²) in [7, 11) is 0. The highest BCUT2D eigenvalue weighted by atomic mass is 15.2. The molecule has 0 saturated carbocycles. The van der Waals surface area contributed by atoms with E-state index in [1.165, 1.54) is 22.5 Å². The normalized spacial score (nSPS) is 12.8. The summed E-state index contributed by atoms with van der Waals surface area (Å²) < 4.78 is 0. The van der Waals surface area contributed by atoms with Crippen LogP contribution in [0.2, 0.25) is 0 Å². The monoisotopic (exact) mass is 976 g/mol. The molecule has 0 bridgehead atoms. The Kier molecular flexibility index (Phi) is 13.7. The zero-order valence-electron chi connectivity index (χ0n) is 42.2. The number of allylic oxidation sites excluding steroid dienone is 2. The van der Waals surface area contributed by atoms with Gasteiger partial charge in [-0.05, 0) is 173 Å². The molecule has 0 aromatic heterocycles. The molecular weight excluding hydrogens is 921 g/mol. The average Bonchev–Trinajstić information content (AvgIpc) is 3.50. The van der Waals surface area contributed by atoms with Gasteiger partial charge in [-0.3, -0.25) is 0 Å². The standard InChI is InChI=1S/C72H56N4/c1-7-19-61(20-8-1)73(62-21-9-2-10-22-62)67-43-31-55(32-44-67)57-35-47-69(48-36-57)75(65-27-15-5-16-28-65)71-51-39-59(40-52-71)60-41-53-72(54-42-60)76(66-29-17-6-18-30-66)70-49-37-58(38-50-70)56-33-45-68(46-34-56)74(63-23-11-3-12-24-63)64-25-13-4-14-26-64/h1-45,47-54,68H,46H2. The minimum Gasteiger partial charge on any atom is -0.334 e. The van der Waals surface area contributed by atoms with Gasteiger partial charge in [0.05, 0.1) is 6.04 Å². The summed E-state index contributed by atoms with van der Waals surface area (Å²) in [4.78, 5) is 9.38. The predicted octanol–water partition coefficient (Wildman–Crippen LogP) is 20.0. The zero-order valence-corrected chi connectivity index (χ0v) is 42.2. The summed E-state index contributed by atoms with van der Waals surface area (Å²) in [5, 5.41) is 0. The van der Waals surface area contributed by atoms with Crippen LogP contribution in [-0.2, 0) is 0 Å². The number of rotatable bonds is 15. The highest BCUT2D eigenvalue weighted by molar-refractivity contribution is 5.84. The van der Waals surface area contributed by atoms with E-state index in [2.05, 4.69) is 341 Å². The molecule has 0 spiro atoms. The third kappa shape index (κ3) is 10.2. The van der Waals surface area contributed by atoms with Crippen molar-refractivity contribution in [2.24, 2.45) is 0 Å². The summed E-state index contributed by atoms with van der Waals surface area (Å²) >= 11 is 0. The molecule has 0 aliphatic heterocycles. The molecule has 0 N–H and O–H groups in total. The smallest absolute Gasteiger partial charge is 0.0560 e. The Labute approximate surface area is 447 Å². The second-order valence-corrected chi connectivity index (χ2v) is 18.9. The van der Waals surface area contributed by atoms with Gasteiger partial charge in [-0.2, -0.15) is 0 Å². The van der Waals surface area contributed by atoms with Crippen LogP contribution in [0.5, 0.6) is 0 Å². The summed E-state index contributed by atoms with van der Waals surface area (Å²) in [6, 6.07) is 108. The molecule has 4 nitrogen and oxygen atoms in total. The van der Waals surface area contributed by atoms with Gasteiger partial charge in [0.15, 0.2) is 0 Å². The predicted molar refractivity (Wildman–Crippen MR) is 322 cm³/mol. The molecule has 1 unspecified atom stereocenters. The maximum absolute atomic E-state index is 2.43. The largest absolute Gasteiger partial charge is 0.334 e. The first kappa shape index (κ1) is 47.1. The van der Waals surface area contributed by atoms with E-state index < -0.39 is 0 Å². The second kappa shape index (κ2) is 22.1. The molecule has 1 atom stereocenters. The SMILES string of the molecule is C1=CC(N(c2ccccc2)c2ccccc2)CC=C1c1ccc(N(c2ccccc2)c2ccc(-c3ccc(N(c4ccccc4)c4ccc(-c5ccc(N(c6ccccc6)c6ccccc6)cc5)cc4)cc3)cc2)cc1. The Hall–Kier alpha value is -9.90. The minimum absolute atomic E-state index is 0.213. The first-order chi connectivity index (χ1) is 37.7. The fourth-order valence-corrected chi connectivity index (χ4v) is 10.4. The van der Waals surface area contributed by atoms with E-state index in [1.807, 2.05) is 0 Å². The van der Waals surface area contributed by atoms with Crippen LogP contribution in [0, 0.1) is 0 Å². The van der Waals surface area contributed by atoms with E-state index in [4.69, 9.17) is 0 Å². The van der Waals surface area contributed by atoms with Crippen LogP contribution in [0.15, 0.2) is 322 Å². The van der Waals surface area contributed by atoms with E-state index in [0.29, 0.717) is 0 Å². The fourth-order valence-electron chi connectivity index (χ4n) is 10.4. The molecule has 4 heteroatoms. The molecular formula is C72H56N4. The van der Waals surface area contributed by atoms with Crippen LogP contribution in [0.25, 0.3) is 27.8 Å². The topological polar surface area (TPSA) is 13.0 Å². The van der Waals surface area contributed by atoms with Gasteiger partial charge < -0.3 is 19.6 Å². The lowest BCUT2D eigenvalue weighted by Gasteiger charge is -2.33. The zero-order chi connectivity index (χ0) is 50.9. The van der Waals surface area contributed by atoms with Gasteiger partial charge >= 0.3 is 0 Å². The Balaban J connectivity index is 0.762. The van der Waals surface area contributed by atoms with Crippen LogP contribution < -0.4 is 19.6 Å². The van der Waals surface area contributed by atoms with Gasteiger partial charge in [-0.15, -0.1) is 0 Å². The van der Waals surface area contributed by atoms with Crippen LogP contribution >= 0.6 is 0 Å². The third-order valence-electron chi connectivity index (χ3n) is 14.2. The Morgan fingerprint density at radius 3 is 0.684 bits per heavy atom. The average molecular weight is 977 g/mol. The Bertz CT molecular complexity index is 3580. The van der Waals surface area contributed by atoms with E-state index >= 15 is 0 Å². The molecule has 11 aromatic rings. The Morgan fingerprint density at radius 1 is 0.224 bits per heavy atom. The number of anilines is 11. The maximum atomic E-state index is 2.43. The van der Waals surface area contributed by atoms with Gasteiger partial charge in [-0.25, -0.2) is 0 Å². The minimum atomic E-state index is 0.213. The molecule has 364 valence electrons.